The molecule has 0 aliphatic heterocycles. The highest BCUT2D eigenvalue weighted by Crippen LogP contribution is 2.33. The van der Waals surface area contributed by atoms with Gasteiger partial charge in [0.25, 0.3) is 0 Å². The van der Waals surface area contributed by atoms with E-state index in [4.69, 9.17) is 24.1 Å². The first-order valence-electron chi connectivity index (χ1n) is 8.91. The predicted octanol–water partition coefficient (Wildman–Crippen LogP) is 5.13. The Balaban J connectivity index is 2.00. The Morgan fingerprint density at radius 1 is 0.926 bits per heavy atom. The van der Waals surface area contributed by atoms with Crippen molar-refractivity contribution >= 4 is 34.6 Å². The number of rotatable bonds is 11. The smallest absolute Gasteiger partial charge is 0.119 e. The molecule has 2 aromatic rings. The number of halogens is 2. The minimum atomic E-state index is -0.636. The van der Waals surface area contributed by atoms with Crippen LogP contribution in [0.15, 0.2) is 48.5 Å². The first-order chi connectivity index (χ1) is 13.0. The Bertz CT molecular complexity index is 674. The first kappa shape index (κ1) is 22.3. The number of hydrogen-bond donors (Lipinski definition) is 1. The molecular weight excluding hydrogens is 479 g/mol. The number of alkyl halides is 1. The van der Waals surface area contributed by atoms with Crippen LogP contribution in [-0.2, 0) is 8.48 Å². The lowest BCUT2D eigenvalue weighted by atomic mass is 9.78. The molecule has 0 aromatic heterocycles. The molecule has 1 atom stereocenters. The maximum absolute atomic E-state index is 9.66. The molecule has 0 bridgehead atoms. The molecule has 0 spiro atoms. The van der Waals surface area contributed by atoms with Crippen LogP contribution >= 0.6 is 34.6 Å². The van der Waals surface area contributed by atoms with Crippen molar-refractivity contribution in [2.75, 3.05) is 25.7 Å². The van der Waals surface area contributed by atoms with Crippen LogP contribution in [0.1, 0.15) is 31.4 Å². The van der Waals surface area contributed by atoms with E-state index in [0.29, 0.717) is 12.5 Å². The molecule has 2 rings (SSSR count). The molecule has 0 aliphatic carbocycles. The van der Waals surface area contributed by atoms with Gasteiger partial charge < -0.3 is 17.6 Å². The van der Waals surface area contributed by atoms with Gasteiger partial charge in [0.05, 0.1) is 13.2 Å². The van der Waals surface area contributed by atoms with Crippen LogP contribution in [0.5, 0.6) is 11.5 Å². The van der Waals surface area contributed by atoms with Crippen LogP contribution in [-0.4, -0.2) is 36.9 Å². The number of hydrogen-bond acceptors (Lipinski definition) is 4. The summed E-state index contributed by atoms with van der Waals surface area (Å²) in [6, 6.07) is 16.2. The van der Waals surface area contributed by atoms with Gasteiger partial charge in [-0.15, -0.1) is 11.6 Å². The van der Waals surface area contributed by atoms with Gasteiger partial charge >= 0.3 is 0 Å². The van der Waals surface area contributed by atoms with Crippen LogP contribution in [0.3, 0.4) is 0 Å². The van der Waals surface area contributed by atoms with Gasteiger partial charge in [-0.25, -0.2) is 0 Å². The van der Waals surface area contributed by atoms with Gasteiger partial charge in [0.15, 0.2) is 0 Å². The van der Waals surface area contributed by atoms with Crippen molar-refractivity contribution in [3.63, 3.8) is 0 Å². The van der Waals surface area contributed by atoms with Gasteiger partial charge in [0, 0.05) is 11.3 Å². The van der Waals surface area contributed by atoms with Crippen molar-refractivity contribution in [2.24, 2.45) is 0 Å². The lowest BCUT2D eigenvalue weighted by Gasteiger charge is -2.26. The highest BCUT2D eigenvalue weighted by atomic mass is 127. The van der Waals surface area contributed by atoms with Gasteiger partial charge in [-0.1, -0.05) is 38.1 Å². The molecule has 0 amide bonds. The Morgan fingerprint density at radius 2 is 1.44 bits per heavy atom. The molecule has 6 heteroatoms. The fourth-order valence-corrected chi connectivity index (χ4v) is 3.18. The van der Waals surface area contributed by atoms with Crippen LogP contribution in [0.2, 0.25) is 0 Å². The summed E-state index contributed by atoms with van der Waals surface area (Å²) in [5, 5.41) is 9.66. The van der Waals surface area contributed by atoms with Crippen LogP contribution < -0.4 is 9.47 Å². The average Bonchev–Trinajstić information content (AvgIpc) is 2.67. The third-order valence-electron chi connectivity index (χ3n) is 4.40. The maximum atomic E-state index is 9.66. The molecule has 148 valence electrons. The van der Waals surface area contributed by atoms with Crippen molar-refractivity contribution in [3.05, 3.63) is 59.7 Å². The normalized spacial score (nSPS) is 12.6. The fraction of sp³-hybridized carbons (Fsp3) is 0.429. The molecule has 0 saturated carbocycles. The summed E-state index contributed by atoms with van der Waals surface area (Å²) >= 11 is 7.43. The van der Waals surface area contributed by atoms with E-state index in [-0.39, 0.29) is 18.6 Å². The standard InChI is InChI=1S/C21H26ClIO4/c1-21(2,16-4-8-19(9-5-16)25-13-3-12-22)17-6-10-20(11-7-17)26-14-18(24)15-27-23/h4-11,18,24H,3,12-15H2,1-2H3. The summed E-state index contributed by atoms with van der Waals surface area (Å²) in [6.07, 6.45) is 0.203. The zero-order valence-corrected chi connectivity index (χ0v) is 18.6. The average molecular weight is 505 g/mol. The SMILES string of the molecule is CC(C)(c1ccc(OCCCCl)cc1)c1ccc(OCC(O)COI)cc1. The Hall–Kier alpha value is -1.02. The third-order valence-corrected chi connectivity index (χ3v) is 5.02. The molecule has 0 radical (unpaired) electrons. The number of aliphatic hydroxyl groups is 1. The van der Waals surface area contributed by atoms with Gasteiger partial charge in [0.1, 0.15) is 47.2 Å². The van der Waals surface area contributed by atoms with E-state index in [0.717, 1.165) is 17.9 Å². The summed E-state index contributed by atoms with van der Waals surface area (Å²) in [4.78, 5) is 0. The van der Waals surface area contributed by atoms with Crippen LogP contribution in [0.25, 0.3) is 0 Å². The molecule has 2 aromatic carbocycles. The lowest BCUT2D eigenvalue weighted by molar-refractivity contribution is 0.0768. The topological polar surface area (TPSA) is 47.9 Å². The van der Waals surface area contributed by atoms with Crippen molar-refractivity contribution in [3.8, 4) is 11.5 Å². The molecule has 0 saturated heterocycles. The molecule has 1 N–H and O–H groups in total. The number of aliphatic hydroxyl groups excluding tert-OH is 1. The highest BCUT2D eigenvalue weighted by Gasteiger charge is 2.23. The summed E-state index contributed by atoms with van der Waals surface area (Å²) in [5.74, 6) is 2.19. The fourth-order valence-electron chi connectivity index (χ4n) is 2.66. The van der Waals surface area contributed by atoms with Crippen molar-refractivity contribution < 1.29 is 17.6 Å². The van der Waals surface area contributed by atoms with E-state index in [9.17, 15) is 5.11 Å². The quantitative estimate of drug-likeness (QED) is 0.262. The van der Waals surface area contributed by atoms with E-state index < -0.39 is 6.10 Å². The van der Waals surface area contributed by atoms with E-state index in [1.54, 1.807) is 23.0 Å². The van der Waals surface area contributed by atoms with E-state index in [1.807, 2.05) is 24.3 Å². The number of benzene rings is 2. The molecule has 1 unspecified atom stereocenters. The highest BCUT2D eigenvalue weighted by molar-refractivity contribution is 14.1. The Labute approximate surface area is 180 Å². The zero-order valence-electron chi connectivity index (χ0n) is 15.7. The van der Waals surface area contributed by atoms with Gasteiger partial charge in [-0.2, -0.15) is 0 Å². The Kier molecular flexibility index (Phi) is 9.15. The second-order valence-electron chi connectivity index (χ2n) is 6.81. The van der Waals surface area contributed by atoms with Gasteiger partial charge in [-0.05, 0) is 41.8 Å². The third kappa shape index (κ3) is 6.82. The Morgan fingerprint density at radius 3 is 1.93 bits per heavy atom. The summed E-state index contributed by atoms with van der Waals surface area (Å²) in [7, 11) is 0. The summed E-state index contributed by atoms with van der Waals surface area (Å²) in [6.45, 7) is 5.46. The minimum Gasteiger partial charge on any atom is -0.494 e. The second-order valence-corrected chi connectivity index (χ2v) is 7.81. The molecule has 27 heavy (non-hydrogen) atoms. The van der Waals surface area contributed by atoms with E-state index in [2.05, 4.69) is 38.1 Å². The van der Waals surface area contributed by atoms with Crippen molar-refractivity contribution in [1.29, 1.82) is 0 Å². The van der Waals surface area contributed by atoms with Gasteiger partial charge in [-0.3, -0.25) is 0 Å². The monoisotopic (exact) mass is 504 g/mol. The predicted molar refractivity (Wildman–Crippen MR) is 117 cm³/mol. The molecule has 0 aliphatic rings. The van der Waals surface area contributed by atoms with E-state index >= 15 is 0 Å². The maximum Gasteiger partial charge on any atom is 0.119 e. The van der Waals surface area contributed by atoms with Gasteiger partial charge in [0.2, 0.25) is 0 Å². The molecular formula is C21H26ClIO4. The zero-order chi connectivity index (χ0) is 19.7. The molecule has 0 fully saturated rings. The first-order valence-corrected chi connectivity index (χ1v) is 10.3. The summed E-state index contributed by atoms with van der Waals surface area (Å²) < 4.78 is 16.1. The lowest BCUT2D eigenvalue weighted by Crippen LogP contribution is -2.22. The van der Waals surface area contributed by atoms with Crippen molar-refractivity contribution in [2.45, 2.75) is 31.8 Å². The van der Waals surface area contributed by atoms with E-state index in [1.165, 1.54) is 11.1 Å². The van der Waals surface area contributed by atoms with Crippen LogP contribution in [0.4, 0.5) is 0 Å². The second kappa shape index (κ2) is 11.1. The molecule has 4 nitrogen and oxygen atoms in total. The van der Waals surface area contributed by atoms with Crippen molar-refractivity contribution in [1.82, 2.24) is 0 Å². The number of ether oxygens (including phenoxy) is 2. The van der Waals surface area contributed by atoms with Crippen LogP contribution in [0, 0.1) is 0 Å². The molecule has 0 heterocycles. The largest absolute Gasteiger partial charge is 0.494 e. The minimum absolute atomic E-state index is 0.151. The summed E-state index contributed by atoms with van der Waals surface area (Å²) in [5.41, 5.74) is 2.24.